The molecule has 19 heavy (non-hydrogen) atoms. The molecule has 0 saturated carbocycles. The minimum Gasteiger partial charge on any atom is -0.368 e. The van der Waals surface area contributed by atoms with E-state index in [1.165, 1.54) is 5.56 Å². The second kappa shape index (κ2) is 5.30. The molecule has 1 atom stereocenters. The van der Waals surface area contributed by atoms with Crippen molar-refractivity contribution in [3.8, 4) is 0 Å². The molecule has 2 N–H and O–H groups in total. The van der Waals surface area contributed by atoms with E-state index < -0.39 is 0 Å². The van der Waals surface area contributed by atoms with Crippen molar-refractivity contribution in [1.82, 2.24) is 9.97 Å². The standard InChI is InChI=1S/C13H14N4S2/c1-9-11-12(16-13(14)15-9)18-19(17-11)8-7-10-5-3-2-4-6-10/h2-6H,7-8H2,1H3,(H2,14,15,16). The molecule has 0 fully saturated rings. The molecule has 1 aliphatic rings. The van der Waals surface area contributed by atoms with E-state index in [4.69, 9.17) is 10.1 Å². The zero-order valence-electron chi connectivity index (χ0n) is 10.5. The van der Waals surface area contributed by atoms with Crippen LogP contribution in [0, 0.1) is 6.92 Å². The first kappa shape index (κ1) is 12.6. The molecule has 2 heterocycles. The molecule has 2 aromatic rings. The van der Waals surface area contributed by atoms with Gasteiger partial charge in [-0.05, 0) is 39.4 Å². The van der Waals surface area contributed by atoms with Crippen molar-refractivity contribution in [3.63, 3.8) is 0 Å². The Bertz CT molecular complexity index is 641. The summed E-state index contributed by atoms with van der Waals surface area (Å²) in [4.78, 5) is 8.42. The van der Waals surface area contributed by atoms with E-state index in [0.717, 1.165) is 28.6 Å². The first-order valence-electron chi connectivity index (χ1n) is 6.01. The minimum absolute atomic E-state index is 0.0592. The average molecular weight is 290 g/mol. The third-order valence-corrected chi connectivity index (χ3v) is 6.17. The van der Waals surface area contributed by atoms with Crippen LogP contribution in [0.2, 0.25) is 0 Å². The van der Waals surface area contributed by atoms with E-state index in [2.05, 4.69) is 34.2 Å². The van der Waals surface area contributed by atoms with Gasteiger partial charge in [-0.1, -0.05) is 30.3 Å². The molecule has 98 valence electrons. The predicted octanol–water partition coefficient (Wildman–Crippen LogP) is 3.06. The fraction of sp³-hybridized carbons (Fsp3) is 0.231. The van der Waals surface area contributed by atoms with Gasteiger partial charge >= 0.3 is 0 Å². The summed E-state index contributed by atoms with van der Waals surface area (Å²) in [6.07, 6.45) is 1.04. The van der Waals surface area contributed by atoms with Crippen molar-refractivity contribution < 1.29 is 0 Å². The zero-order valence-corrected chi connectivity index (χ0v) is 12.2. The normalized spacial score (nSPS) is 17.0. The highest BCUT2D eigenvalue weighted by molar-refractivity contribution is 8.70. The van der Waals surface area contributed by atoms with E-state index in [9.17, 15) is 0 Å². The van der Waals surface area contributed by atoms with Crippen molar-refractivity contribution in [3.05, 3.63) is 41.6 Å². The first-order valence-corrected chi connectivity index (χ1v) is 8.70. The van der Waals surface area contributed by atoms with Gasteiger partial charge in [0.25, 0.3) is 0 Å². The quantitative estimate of drug-likeness (QED) is 0.697. The number of benzene rings is 1. The molecule has 1 aromatic carbocycles. The van der Waals surface area contributed by atoms with Crippen LogP contribution in [-0.4, -0.2) is 15.7 Å². The Hall–Kier alpha value is -1.40. The van der Waals surface area contributed by atoms with Crippen LogP contribution >= 0.6 is 10.8 Å². The number of hydrogen-bond acceptors (Lipinski definition) is 5. The maximum atomic E-state index is 5.67. The molecule has 1 unspecified atom stereocenters. The van der Waals surface area contributed by atoms with E-state index in [1.54, 1.807) is 10.8 Å². The van der Waals surface area contributed by atoms with Gasteiger partial charge < -0.3 is 5.73 Å². The number of nitrogens with zero attached hydrogens (tertiary/aromatic N) is 3. The molecule has 0 saturated heterocycles. The van der Waals surface area contributed by atoms with Crippen LogP contribution in [0.4, 0.5) is 11.6 Å². The van der Waals surface area contributed by atoms with E-state index >= 15 is 0 Å². The largest absolute Gasteiger partial charge is 0.368 e. The highest BCUT2D eigenvalue weighted by Gasteiger charge is 2.19. The molecule has 0 bridgehead atoms. The van der Waals surface area contributed by atoms with Gasteiger partial charge in [0.05, 0.1) is 5.69 Å². The minimum atomic E-state index is -0.0592. The highest BCUT2D eigenvalue weighted by atomic mass is 33.1. The summed E-state index contributed by atoms with van der Waals surface area (Å²) >= 11 is 0. The van der Waals surface area contributed by atoms with Crippen molar-refractivity contribution >= 4 is 32.2 Å². The monoisotopic (exact) mass is 290 g/mol. The smallest absolute Gasteiger partial charge is 0.221 e. The summed E-state index contributed by atoms with van der Waals surface area (Å²) in [5, 5.41) is 0.932. The Morgan fingerprint density at radius 1 is 1.21 bits per heavy atom. The summed E-state index contributed by atoms with van der Waals surface area (Å²) in [7, 11) is 1.65. The molecule has 6 heteroatoms. The third-order valence-electron chi connectivity index (χ3n) is 2.82. The Morgan fingerprint density at radius 2 is 2.00 bits per heavy atom. The molecule has 1 aliphatic heterocycles. The maximum absolute atomic E-state index is 5.67. The number of anilines is 1. The molecule has 1 aromatic heterocycles. The van der Waals surface area contributed by atoms with Crippen LogP contribution in [0.15, 0.2) is 39.7 Å². The lowest BCUT2D eigenvalue weighted by atomic mass is 10.2. The van der Waals surface area contributed by atoms with Gasteiger partial charge in [-0.2, -0.15) is 0 Å². The van der Waals surface area contributed by atoms with Crippen molar-refractivity contribution in [1.29, 1.82) is 0 Å². The Balaban J connectivity index is 1.73. The van der Waals surface area contributed by atoms with E-state index in [1.807, 2.05) is 13.0 Å². The van der Waals surface area contributed by atoms with Crippen LogP contribution < -0.4 is 5.73 Å². The summed E-state index contributed by atoms with van der Waals surface area (Å²) in [5.41, 5.74) is 8.82. The number of aryl methyl sites for hydroxylation is 2. The maximum Gasteiger partial charge on any atom is 0.221 e. The Morgan fingerprint density at radius 3 is 2.79 bits per heavy atom. The van der Waals surface area contributed by atoms with Gasteiger partial charge in [-0.15, -0.1) is 0 Å². The number of nitrogen functional groups attached to an aromatic ring is 1. The van der Waals surface area contributed by atoms with Crippen molar-refractivity contribution in [2.45, 2.75) is 18.4 Å². The summed E-state index contributed by atoms with van der Waals surface area (Å²) in [5.74, 6) is 1.37. The fourth-order valence-electron chi connectivity index (χ4n) is 1.87. The summed E-state index contributed by atoms with van der Waals surface area (Å²) in [6.45, 7) is 1.94. The average Bonchev–Trinajstić information content (AvgIpc) is 2.81. The number of nitrogens with two attached hydrogens (primary N) is 1. The van der Waals surface area contributed by atoms with Crippen LogP contribution in [0.1, 0.15) is 11.3 Å². The second-order valence-electron chi connectivity index (χ2n) is 4.26. The molecular weight excluding hydrogens is 276 g/mol. The summed E-state index contributed by atoms with van der Waals surface area (Å²) < 4.78 is 4.72. The number of hydrogen-bond donors (Lipinski definition) is 1. The van der Waals surface area contributed by atoms with Gasteiger partial charge in [0, 0.05) is 5.75 Å². The molecular formula is C13H14N4S2. The number of rotatable bonds is 3. The Kier molecular flexibility index (Phi) is 3.52. The number of aromatic nitrogens is 2. The van der Waals surface area contributed by atoms with Gasteiger partial charge in [0.1, 0.15) is 10.7 Å². The van der Waals surface area contributed by atoms with E-state index in [-0.39, 0.29) is 9.72 Å². The molecule has 4 nitrogen and oxygen atoms in total. The predicted molar refractivity (Wildman–Crippen MR) is 81.5 cm³/mol. The lowest BCUT2D eigenvalue weighted by molar-refractivity contribution is 1.03. The molecule has 0 aliphatic carbocycles. The van der Waals surface area contributed by atoms with Crippen molar-refractivity contribution in [2.24, 2.45) is 4.36 Å². The third kappa shape index (κ3) is 2.79. The molecule has 0 spiro atoms. The van der Waals surface area contributed by atoms with Gasteiger partial charge in [-0.25, -0.2) is 14.3 Å². The summed E-state index contributed by atoms with van der Waals surface area (Å²) in [6, 6.07) is 10.5. The molecule has 0 radical (unpaired) electrons. The highest BCUT2D eigenvalue weighted by Crippen LogP contribution is 2.41. The fourth-order valence-corrected chi connectivity index (χ4v) is 5.29. The van der Waals surface area contributed by atoms with Crippen molar-refractivity contribution in [2.75, 3.05) is 11.5 Å². The van der Waals surface area contributed by atoms with E-state index in [0.29, 0.717) is 5.95 Å². The Labute approximate surface area is 118 Å². The van der Waals surface area contributed by atoms with Crippen LogP contribution in [0.5, 0.6) is 0 Å². The lowest BCUT2D eigenvalue weighted by Crippen LogP contribution is -1.97. The second-order valence-corrected chi connectivity index (χ2v) is 7.70. The van der Waals surface area contributed by atoms with Crippen LogP contribution in [-0.2, 0) is 16.1 Å². The number of fused-ring (bicyclic) bond motifs is 1. The SMILES string of the molecule is Cc1nc(N)nc2c1N=S(CCc1ccccc1)S2. The van der Waals surface area contributed by atoms with Crippen LogP contribution in [0.3, 0.4) is 0 Å². The molecule has 0 amide bonds. The lowest BCUT2D eigenvalue weighted by Gasteiger charge is -2.01. The van der Waals surface area contributed by atoms with Gasteiger partial charge in [-0.3, -0.25) is 0 Å². The first-order chi connectivity index (χ1) is 9.22. The van der Waals surface area contributed by atoms with Gasteiger partial charge in [0.15, 0.2) is 0 Å². The van der Waals surface area contributed by atoms with Crippen LogP contribution in [0.25, 0.3) is 0 Å². The zero-order chi connectivity index (χ0) is 13.2. The topological polar surface area (TPSA) is 64.2 Å². The van der Waals surface area contributed by atoms with Gasteiger partial charge in [0.2, 0.25) is 5.95 Å². The molecule has 3 rings (SSSR count).